The molecular formula is C10H11F2NS. The van der Waals surface area contributed by atoms with Crippen LogP contribution < -0.4 is 5.32 Å². The predicted octanol–water partition coefficient (Wildman–Crippen LogP) is 3.01. The molecule has 0 fully saturated rings. The second-order valence-electron chi connectivity index (χ2n) is 3.41. The van der Waals surface area contributed by atoms with Crippen molar-refractivity contribution in [3.63, 3.8) is 0 Å². The lowest BCUT2D eigenvalue weighted by Gasteiger charge is -2.26. The number of fused-ring (bicyclic) bond motifs is 1. The standard InChI is InChI=1S/C10H11F2NS/c1-14-8-3-2-7-5-10(11,12)6-13-9(7)4-8/h2-4,13H,5-6H2,1H3. The fourth-order valence-corrected chi connectivity index (χ4v) is 2.01. The van der Waals surface area contributed by atoms with Crippen molar-refractivity contribution >= 4 is 17.4 Å². The summed E-state index contributed by atoms with van der Waals surface area (Å²) < 4.78 is 26.0. The maximum atomic E-state index is 13.0. The zero-order valence-corrected chi connectivity index (χ0v) is 8.63. The van der Waals surface area contributed by atoms with E-state index in [4.69, 9.17) is 0 Å². The fourth-order valence-electron chi connectivity index (χ4n) is 1.57. The molecule has 0 aliphatic carbocycles. The van der Waals surface area contributed by atoms with Crippen LogP contribution in [0.2, 0.25) is 0 Å². The first-order valence-corrected chi connectivity index (χ1v) is 5.62. The van der Waals surface area contributed by atoms with Gasteiger partial charge in [-0.15, -0.1) is 11.8 Å². The molecule has 14 heavy (non-hydrogen) atoms. The van der Waals surface area contributed by atoms with Crippen LogP contribution in [-0.4, -0.2) is 18.7 Å². The molecule has 0 bridgehead atoms. The van der Waals surface area contributed by atoms with E-state index in [-0.39, 0.29) is 13.0 Å². The van der Waals surface area contributed by atoms with Crippen LogP contribution in [0.1, 0.15) is 5.56 Å². The molecule has 0 saturated heterocycles. The molecule has 0 radical (unpaired) electrons. The highest BCUT2D eigenvalue weighted by Gasteiger charge is 2.33. The van der Waals surface area contributed by atoms with Crippen molar-refractivity contribution in [2.45, 2.75) is 17.2 Å². The molecule has 0 amide bonds. The van der Waals surface area contributed by atoms with E-state index in [1.807, 2.05) is 18.4 Å². The maximum Gasteiger partial charge on any atom is 0.269 e. The zero-order valence-electron chi connectivity index (χ0n) is 7.81. The molecule has 1 aliphatic rings. The van der Waals surface area contributed by atoms with Gasteiger partial charge in [0.05, 0.1) is 6.54 Å². The number of thioether (sulfide) groups is 1. The van der Waals surface area contributed by atoms with Crippen molar-refractivity contribution in [3.05, 3.63) is 23.8 Å². The number of benzene rings is 1. The van der Waals surface area contributed by atoms with E-state index in [2.05, 4.69) is 5.32 Å². The molecule has 4 heteroatoms. The van der Waals surface area contributed by atoms with Crippen LogP contribution in [0, 0.1) is 0 Å². The minimum absolute atomic E-state index is 0.149. The van der Waals surface area contributed by atoms with E-state index in [0.29, 0.717) is 5.56 Å². The summed E-state index contributed by atoms with van der Waals surface area (Å²) in [4.78, 5) is 1.10. The molecule has 1 aromatic rings. The van der Waals surface area contributed by atoms with Crippen LogP contribution in [0.5, 0.6) is 0 Å². The molecule has 1 heterocycles. The first-order chi connectivity index (χ1) is 6.61. The van der Waals surface area contributed by atoms with Gasteiger partial charge in [-0.1, -0.05) is 6.07 Å². The van der Waals surface area contributed by atoms with Crippen molar-refractivity contribution in [2.75, 3.05) is 18.1 Å². The van der Waals surface area contributed by atoms with Crippen LogP contribution in [0.3, 0.4) is 0 Å². The summed E-state index contributed by atoms with van der Waals surface area (Å²) in [6.07, 6.45) is 1.82. The molecule has 1 nitrogen and oxygen atoms in total. The first kappa shape index (κ1) is 9.77. The van der Waals surface area contributed by atoms with E-state index >= 15 is 0 Å². The van der Waals surface area contributed by atoms with E-state index in [0.717, 1.165) is 10.6 Å². The van der Waals surface area contributed by atoms with Gasteiger partial charge in [0.2, 0.25) is 0 Å². The van der Waals surface area contributed by atoms with Crippen molar-refractivity contribution in [2.24, 2.45) is 0 Å². The van der Waals surface area contributed by atoms with Gasteiger partial charge in [0.15, 0.2) is 0 Å². The fraction of sp³-hybridized carbons (Fsp3) is 0.400. The van der Waals surface area contributed by atoms with Crippen LogP contribution in [0.25, 0.3) is 0 Å². The van der Waals surface area contributed by atoms with Crippen molar-refractivity contribution in [1.82, 2.24) is 0 Å². The van der Waals surface area contributed by atoms with Gasteiger partial charge in [-0.05, 0) is 24.0 Å². The Labute approximate surface area is 85.9 Å². The molecule has 1 aliphatic heterocycles. The number of halogens is 2. The van der Waals surface area contributed by atoms with Gasteiger partial charge < -0.3 is 5.32 Å². The predicted molar refractivity (Wildman–Crippen MR) is 55.4 cm³/mol. The number of anilines is 1. The van der Waals surface area contributed by atoms with Crippen LogP contribution in [0.4, 0.5) is 14.5 Å². The molecule has 1 N–H and O–H groups in total. The summed E-state index contributed by atoms with van der Waals surface area (Å²) in [7, 11) is 0. The second kappa shape index (κ2) is 3.42. The Balaban J connectivity index is 2.32. The zero-order chi connectivity index (χ0) is 10.2. The number of nitrogens with one attached hydrogen (secondary N) is 1. The van der Waals surface area contributed by atoms with Gasteiger partial charge in [-0.2, -0.15) is 0 Å². The van der Waals surface area contributed by atoms with Gasteiger partial charge in [-0.25, -0.2) is 8.78 Å². The molecule has 76 valence electrons. The van der Waals surface area contributed by atoms with Gasteiger partial charge in [0.1, 0.15) is 0 Å². The third-order valence-electron chi connectivity index (χ3n) is 2.30. The van der Waals surface area contributed by atoms with Crippen molar-refractivity contribution < 1.29 is 8.78 Å². The van der Waals surface area contributed by atoms with E-state index < -0.39 is 5.92 Å². The molecular weight excluding hydrogens is 204 g/mol. The summed E-state index contributed by atoms with van der Waals surface area (Å²) in [5.41, 5.74) is 1.56. The Bertz CT molecular complexity index is 352. The Morgan fingerprint density at radius 2 is 2.21 bits per heavy atom. The van der Waals surface area contributed by atoms with Crippen LogP contribution in [0.15, 0.2) is 23.1 Å². The smallest absolute Gasteiger partial charge is 0.269 e. The Morgan fingerprint density at radius 3 is 2.93 bits per heavy atom. The van der Waals surface area contributed by atoms with Crippen LogP contribution >= 0.6 is 11.8 Å². The van der Waals surface area contributed by atoms with E-state index in [9.17, 15) is 8.78 Å². The molecule has 1 aromatic carbocycles. The summed E-state index contributed by atoms with van der Waals surface area (Å²) in [5.74, 6) is -2.60. The third-order valence-corrected chi connectivity index (χ3v) is 3.03. The van der Waals surface area contributed by atoms with Crippen molar-refractivity contribution in [3.8, 4) is 0 Å². The summed E-state index contributed by atoms with van der Waals surface area (Å²) in [6.45, 7) is -0.252. The Hall–Kier alpha value is -0.770. The Kier molecular flexibility index (Phi) is 2.39. The second-order valence-corrected chi connectivity index (χ2v) is 4.29. The minimum Gasteiger partial charge on any atom is -0.379 e. The van der Waals surface area contributed by atoms with Crippen molar-refractivity contribution in [1.29, 1.82) is 0 Å². The summed E-state index contributed by atoms with van der Waals surface area (Å²) in [5, 5.41) is 2.76. The summed E-state index contributed by atoms with van der Waals surface area (Å²) in [6, 6.07) is 5.59. The molecule has 0 atom stereocenters. The van der Waals surface area contributed by atoms with Gasteiger partial charge in [-0.3, -0.25) is 0 Å². The number of alkyl halides is 2. The number of hydrogen-bond acceptors (Lipinski definition) is 2. The SMILES string of the molecule is CSc1ccc2c(c1)NCC(F)(F)C2. The number of hydrogen-bond donors (Lipinski definition) is 1. The lowest BCUT2D eigenvalue weighted by molar-refractivity contribution is 0.0129. The quantitative estimate of drug-likeness (QED) is 0.723. The highest BCUT2D eigenvalue weighted by atomic mass is 32.2. The topological polar surface area (TPSA) is 12.0 Å². The maximum absolute atomic E-state index is 13.0. The molecule has 2 rings (SSSR count). The lowest BCUT2D eigenvalue weighted by Crippen LogP contribution is -2.34. The summed E-state index contributed by atoms with van der Waals surface area (Å²) >= 11 is 1.61. The molecule has 0 unspecified atom stereocenters. The number of rotatable bonds is 1. The minimum atomic E-state index is -2.60. The normalized spacial score (nSPS) is 18.5. The van der Waals surface area contributed by atoms with Gasteiger partial charge in [0, 0.05) is 17.0 Å². The highest BCUT2D eigenvalue weighted by Crippen LogP contribution is 2.32. The van der Waals surface area contributed by atoms with Gasteiger partial charge in [0.25, 0.3) is 5.92 Å². The molecule has 0 saturated carbocycles. The third kappa shape index (κ3) is 1.85. The monoisotopic (exact) mass is 215 g/mol. The van der Waals surface area contributed by atoms with E-state index in [1.165, 1.54) is 0 Å². The first-order valence-electron chi connectivity index (χ1n) is 4.39. The van der Waals surface area contributed by atoms with Gasteiger partial charge >= 0.3 is 0 Å². The lowest BCUT2D eigenvalue weighted by atomic mass is 10.0. The highest BCUT2D eigenvalue weighted by molar-refractivity contribution is 7.98. The Morgan fingerprint density at radius 1 is 1.43 bits per heavy atom. The average Bonchev–Trinajstić information content (AvgIpc) is 2.16. The van der Waals surface area contributed by atoms with E-state index in [1.54, 1.807) is 17.8 Å². The molecule has 0 aromatic heterocycles. The average molecular weight is 215 g/mol. The largest absolute Gasteiger partial charge is 0.379 e. The van der Waals surface area contributed by atoms with Crippen LogP contribution in [-0.2, 0) is 6.42 Å². The molecule has 0 spiro atoms.